The van der Waals surface area contributed by atoms with Gasteiger partial charge >= 0.3 is 0 Å². The van der Waals surface area contributed by atoms with Gasteiger partial charge in [0.25, 0.3) is 0 Å². The maximum Gasteiger partial charge on any atom is 0.176 e. The molecule has 2 aliphatic carbocycles. The predicted molar refractivity (Wildman–Crippen MR) is 114 cm³/mol. The number of rotatable bonds is 8. The van der Waals surface area contributed by atoms with Crippen LogP contribution in [0.2, 0.25) is 0 Å². The molecule has 1 saturated heterocycles. The first kappa shape index (κ1) is 22.1. The Kier molecular flexibility index (Phi) is 8.67. The first-order chi connectivity index (χ1) is 13.7. The molecule has 3 aliphatic rings. The number of nitriles is 1. The summed E-state index contributed by atoms with van der Waals surface area (Å²) in [7, 11) is 0. The van der Waals surface area contributed by atoms with E-state index >= 15 is 0 Å². The van der Waals surface area contributed by atoms with Crippen LogP contribution in [0.4, 0.5) is 0 Å². The molecule has 0 spiro atoms. The van der Waals surface area contributed by atoms with Crippen molar-refractivity contribution in [3.63, 3.8) is 0 Å². The Bertz CT molecular complexity index is 475. The summed E-state index contributed by atoms with van der Waals surface area (Å²) >= 11 is 0. The zero-order valence-corrected chi connectivity index (χ0v) is 18.5. The van der Waals surface area contributed by atoms with E-state index in [1.807, 2.05) is 0 Å². The summed E-state index contributed by atoms with van der Waals surface area (Å²) in [5.74, 6) is 3.24. The van der Waals surface area contributed by atoms with Crippen molar-refractivity contribution in [3.8, 4) is 6.07 Å². The van der Waals surface area contributed by atoms with Crippen LogP contribution in [0.15, 0.2) is 0 Å². The van der Waals surface area contributed by atoms with Crippen LogP contribution in [-0.4, -0.2) is 19.5 Å². The van der Waals surface area contributed by atoms with Gasteiger partial charge in [-0.15, -0.1) is 0 Å². The zero-order chi connectivity index (χ0) is 19.8. The molecular weight excluding hydrogens is 346 g/mol. The minimum absolute atomic E-state index is 0.291. The number of unbranched alkanes of at least 4 members (excludes halogenated alkanes) is 2. The molecule has 0 aromatic carbocycles. The standard InChI is InChI=1S/C25H43NO2/c1-3-5-6-8-20-9-11-22(12-10-20)23-13-15-25(19-26,16-14-23)24-27-17-21(7-4-2)18-28-24/h20-24H,3-18H2,1-2H3. The van der Waals surface area contributed by atoms with Crippen LogP contribution in [0.3, 0.4) is 0 Å². The number of ether oxygens (including phenoxy) is 2. The van der Waals surface area contributed by atoms with Crippen molar-refractivity contribution >= 4 is 0 Å². The van der Waals surface area contributed by atoms with Crippen LogP contribution in [0.5, 0.6) is 0 Å². The summed E-state index contributed by atoms with van der Waals surface area (Å²) < 4.78 is 12.1. The van der Waals surface area contributed by atoms with E-state index < -0.39 is 5.41 Å². The molecule has 3 rings (SSSR count). The molecule has 3 heteroatoms. The molecule has 0 amide bonds. The average molecular weight is 390 g/mol. The van der Waals surface area contributed by atoms with Crippen LogP contribution in [0, 0.1) is 40.4 Å². The van der Waals surface area contributed by atoms with Crippen molar-refractivity contribution in [1.82, 2.24) is 0 Å². The van der Waals surface area contributed by atoms with Crippen LogP contribution >= 0.6 is 0 Å². The van der Waals surface area contributed by atoms with Crippen LogP contribution < -0.4 is 0 Å². The van der Waals surface area contributed by atoms with Gasteiger partial charge in [-0.25, -0.2) is 0 Å². The van der Waals surface area contributed by atoms with Crippen molar-refractivity contribution in [2.45, 2.75) is 110 Å². The van der Waals surface area contributed by atoms with Gasteiger partial charge in [-0.05, 0) is 62.7 Å². The zero-order valence-electron chi connectivity index (χ0n) is 18.5. The van der Waals surface area contributed by atoms with E-state index in [0.717, 1.165) is 50.2 Å². The lowest BCUT2D eigenvalue weighted by atomic mass is 9.64. The fraction of sp³-hybridized carbons (Fsp3) is 0.960. The van der Waals surface area contributed by atoms with Crippen LogP contribution in [0.25, 0.3) is 0 Å². The summed E-state index contributed by atoms with van der Waals surface area (Å²) in [5, 5.41) is 9.99. The average Bonchev–Trinajstić information content (AvgIpc) is 2.75. The highest BCUT2D eigenvalue weighted by Crippen LogP contribution is 2.48. The Morgan fingerprint density at radius 1 is 0.786 bits per heavy atom. The van der Waals surface area contributed by atoms with Crippen molar-refractivity contribution in [2.24, 2.45) is 29.1 Å². The Balaban J connectivity index is 1.43. The van der Waals surface area contributed by atoms with E-state index in [1.165, 1.54) is 70.6 Å². The van der Waals surface area contributed by atoms with E-state index in [-0.39, 0.29) is 6.29 Å². The smallest absolute Gasteiger partial charge is 0.176 e. The second-order valence-electron chi connectivity index (χ2n) is 10.0. The first-order valence-electron chi connectivity index (χ1n) is 12.3. The number of nitrogens with zero attached hydrogens (tertiary/aromatic N) is 1. The summed E-state index contributed by atoms with van der Waals surface area (Å²) in [5.41, 5.74) is -0.398. The first-order valence-corrected chi connectivity index (χ1v) is 12.3. The number of hydrogen-bond acceptors (Lipinski definition) is 3. The van der Waals surface area contributed by atoms with Gasteiger partial charge in [0.15, 0.2) is 6.29 Å². The largest absolute Gasteiger partial charge is 0.351 e. The van der Waals surface area contributed by atoms with Crippen molar-refractivity contribution in [3.05, 3.63) is 0 Å². The van der Waals surface area contributed by atoms with Gasteiger partial charge in [-0.2, -0.15) is 5.26 Å². The Morgan fingerprint density at radius 2 is 1.43 bits per heavy atom. The molecule has 1 aliphatic heterocycles. The van der Waals surface area contributed by atoms with E-state index in [1.54, 1.807) is 0 Å². The predicted octanol–water partition coefficient (Wildman–Crippen LogP) is 6.86. The summed E-state index contributed by atoms with van der Waals surface area (Å²) in [6, 6.07) is 2.64. The molecule has 0 aromatic rings. The molecule has 2 saturated carbocycles. The monoisotopic (exact) mass is 389 g/mol. The molecule has 0 unspecified atom stereocenters. The summed E-state index contributed by atoms with van der Waals surface area (Å²) in [6.45, 7) is 6.05. The molecule has 0 radical (unpaired) electrons. The lowest BCUT2D eigenvalue weighted by Crippen LogP contribution is -2.46. The topological polar surface area (TPSA) is 42.2 Å². The molecule has 0 atom stereocenters. The highest BCUT2D eigenvalue weighted by molar-refractivity contribution is 5.05. The maximum absolute atomic E-state index is 9.99. The van der Waals surface area contributed by atoms with Crippen LogP contribution in [-0.2, 0) is 9.47 Å². The maximum atomic E-state index is 9.99. The highest BCUT2D eigenvalue weighted by atomic mass is 16.7. The van der Waals surface area contributed by atoms with Gasteiger partial charge in [-0.3, -0.25) is 0 Å². The fourth-order valence-corrected chi connectivity index (χ4v) is 6.10. The fourth-order valence-electron chi connectivity index (χ4n) is 6.10. The SMILES string of the molecule is CCCCCC1CCC(C2CCC(C#N)(C3OCC(CCC)CO3)CC2)CC1. The van der Waals surface area contributed by atoms with Gasteiger partial charge in [0.1, 0.15) is 5.41 Å². The molecule has 0 bridgehead atoms. The Labute approximate surface area is 173 Å². The third-order valence-electron chi connectivity index (χ3n) is 8.03. The summed E-state index contributed by atoms with van der Waals surface area (Å²) in [4.78, 5) is 0. The molecule has 1 heterocycles. The van der Waals surface area contributed by atoms with Gasteiger partial charge in [0, 0.05) is 5.92 Å². The lowest BCUT2D eigenvalue weighted by Gasteiger charge is -2.45. The minimum atomic E-state index is -0.398. The normalized spacial score (nSPS) is 39.4. The lowest BCUT2D eigenvalue weighted by molar-refractivity contribution is -0.248. The Morgan fingerprint density at radius 3 is 2.00 bits per heavy atom. The van der Waals surface area contributed by atoms with E-state index in [0.29, 0.717) is 5.92 Å². The third kappa shape index (κ3) is 5.51. The van der Waals surface area contributed by atoms with Gasteiger partial charge in [0.05, 0.1) is 19.3 Å². The third-order valence-corrected chi connectivity index (χ3v) is 8.03. The molecule has 0 aromatic heterocycles. The molecular formula is C25H43NO2. The Hall–Kier alpha value is -0.590. The molecule has 28 heavy (non-hydrogen) atoms. The quantitative estimate of drug-likeness (QED) is 0.426. The van der Waals surface area contributed by atoms with Crippen molar-refractivity contribution in [1.29, 1.82) is 5.26 Å². The van der Waals surface area contributed by atoms with Gasteiger partial charge in [0.2, 0.25) is 0 Å². The second kappa shape index (κ2) is 11.0. The molecule has 0 N–H and O–H groups in total. The minimum Gasteiger partial charge on any atom is -0.351 e. The van der Waals surface area contributed by atoms with E-state index in [9.17, 15) is 5.26 Å². The summed E-state index contributed by atoms with van der Waals surface area (Å²) in [6.07, 6.45) is 17.7. The molecule has 160 valence electrons. The van der Waals surface area contributed by atoms with E-state index in [4.69, 9.17) is 9.47 Å². The van der Waals surface area contributed by atoms with Gasteiger partial charge < -0.3 is 9.47 Å². The highest BCUT2D eigenvalue weighted by Gasteiger charge is 2.47. The van der Waals surface area contributed by atoms with Crippen LogP contribution in [0.1, 0.15) is 104 Å². The van der Waals surface area contributed by atoms with Gasteiger partial charge in [-0.1, -0.05) is 58.8 Å². The molecule has 3 nitrogen and oxygen atoms in total. The second-order valence-corrected chi connectivity index (χ2v) is 10.0. The van der Waals surface area contributed by atoms with Crippen molar-refractivity contribution in [2.75, 3.05) is 13.2 Å². The van der Waals surface area contributed by atoms with E-state index in [2.05, 4.69) is 19.9 Å². The number of hydrogen-bond donors (Lipinski definition) is 0. The van der Waals surface area contributed by atoms with Crippen molar-refractivity contribution < 1.29 is 9.47 Å². The molecule has 3 fully saturated rings.